The van der Waals surface area contributed by atoms with Crippen LogP contribution in [0.15, 0.2) is 5.38 Å². The van der Waals surface area contributed by atoms with Crippen LogP contribution in [0.3, 0.4) is 0 Å². The summed E-state index contributed by atoms with van der Waals surface area (Å²) < 4.78 is 0. The summed E-state index contributed by atoms with van der Waals surface area (Å²) in [4.78, 5) is 24.2. The van der Waals surface area contributed by atoms with Crippen LogP contribution in [-0.4, -0.2) is 60.0 Å². The van der Waals surface area contributed by atoms with Crippen LogP contribution >= 0.6 is 11.3 Å². The Morgan fingerprint density at radius 2 is 1.69 bits per heavy atom. The van der Waals surface area contributed by atoms with Crippen molar-refractivity contribution >= 4 is 22.4 Å². The lowest BCUT2D eigenvalue weighted by molar-refractivity contribution is -0.133. The first-order chi connectivity index (χ1) is 12.4. The van der Waals surface area contributed by atoms with E-state index in [9.17, 15) is 4.79 Å². The maximum absolute atomic E-state index is 12.4. The number of amides is 1. The minimum Gasteiger partial charge on any atom is -0.345 e. The summed E-state index contributed by atoms with van der Waals surface area (Å²) >= 11 is 1.75. The van der Waals surface area contributed by atoms with E-state index in [0.717, 1.165) is 37.9 Å². The van der Waals surface area contributed by atoms with Crippen LogP contribution in [-0.2, 0) is 11.3 Å². The highest BCUT2D eigenvalue weighted by Gasteiger charge is 2.26. The van der Waals surface area contributed by atoms with Crippen molar-refractivity contribution in [2.24, 2.45) is 5.41 Å². The molecule has 2 fully saturated rings. The number of likely N-dealkylation sites (tertiary alicyclic amines) is 1. The van der Waals surface area contributed by atoms with Crippen molar-refractivity contribution in [1.82, 2.24) is 14.8 Å². The molecule has 0 N–H and O–H groups in total. The normalized spacial score (nSPS) is 20.3. The zero-order valence-corrected chi connectivity index (χ0v) is 17.5. The van der Waals surface area contributed by atoms with Crippen molar-refractivity contribution in [1.29, 1.82) is 0 Å². The highest BCUT2D eigenvalue weighted by atomic mass is 32.1. The molecule has 3 rings (SSSR count). The van der Waals surface area contributed by atoms with E-state index in [1.165, 1.54) is 44.5 Å². The molecule has 0 radical (unpaired) electrons. The molecule has 2 aliphatic heterocycles. The van der Waals surface area contributed by atoms with E-state index < -0.39 is 0 Å². The van der Waals surface area contributed by atoms with Crippen LogP contribution in [0.4, 0.5) is 5.13 Å². The number of thiazole rings is 1. The Morgan fingerprint density at radius 3 is 2.31 bits per heavy atom. The average Bonchev–Trinajstić information content (AvgIpc) is 2.89. The Morgan fingerprint density at radius 1 is 1.04 bits per heavy atom. The first-order valence-electron chi connectivity index (χ1n) is 10.1. The number of nitrogens with zero attached hydrogens (tertiary/aromatic N) is 4. The molecule has 146 valence electrons. The van der Waals surface area contributed by atoms with Crippen molar-refractivity contribution in [2.45, 2.75) is 59.4 Å². The van der Waals surface area contributed by atoms with E-state index in [0.29, 0.717) is 6.42 Å². The van der Waals surface area contributed by atoms with Crippen LogP contribution < -0.4 is 4.90 Å². The quantitative estimate of drug-likeness (QED) is 0.802. The predicted octanol–water partition coefficient (Wildman–Crippen LogP) is 3.60. The molecule has 2 saturated heterocycles. The van der Waals surface area contributed by atoms with Crippen LogP contribution in [0.25, 0.3) is 0 Å². The highest BCUT2D eigenvalue weighted by Crippen LogP contribution is 2.25. The van der Waals surface area contributed by atoms with Gasteiger partial charge < -0.3 is 9.80 Å². The number of rotatable bonds is 4. The molecule has 3 heterocycles. The fourth-order valence-electron chi connectivity index (χ4n) is 3.75. The van der Waals surface area contributed by atoms with Crippen molar-refractivity contribution < 1.29 is 4.79 Å². The van der Waals surface area contributed by atoms with Gasteiger partial charge in [0.2, 0.25) is 5.91 Å². The first-order valence-corrected chi connectivity index (χ1v) is 11.0. The van der Waals surface area contributed by atoms with Crippen molar-refractivity contribution in [3.63, 3.8) is 0 Å². The fraction of sp³-hybridized carbons (Fsp3) is 0.800. The lowest BCUT2D eigenvalue weighted by Gasteiger charge is -2.35. The zero-order valence-electron chi connectivity index (χ0n) is 16.7. The average molecular weight is 379 g/mol. The van der Waals surface area contributed by atoms with Gasteiger partial charge in [-0.15, -0.1) is 11.3 Å². The molecule has 6 heteroatoms. The number of aromatic nitrogens is 1. The molecule has 2 aliphatic rings. The Kier molecular flexibility index (Phi) is 6.56. The predicted molar refractivity (Wildman–Crippen MR) is 109 cm³/mol. The molecule has 0 bridgehead atoms. The third-order valence-corrected chi connectivity index (χ3v) is 6.16. The first kappa shape index (κ1) is 19.6. The Bertz CT molecular complexity index is 579. The fourth-order valence-corrected chi connectivity index (χ4v) is 4.62. The standard InChI is InChI=1S/C20H34N4OS/c1-20(2,3)14-18(25)23-10-12-24(13-11-23)19-21-17(16-26-19)15-22-8-6-4-5-7-9-22/h16H,4-15H2,1-3H3. The van der Waals surface area contributed by atoms with E-state index in [2.05, 4.69) is 36.0 Å². The zero-order chi connectivity index (χ0) is 18.6. The number of hydrogen-bond acceptors (Lipinski definition) is 5. The van der Waals surface area contributed by atoms with E-state index in [1.54, 1.807) is 11.3 Å². The molecule has 26 heavy (non-hydrogen) atoms. The molecule has 0 saturated carbocycles. The lowest BCUT2D eigenvalue weighted by atomic mass is 9.91. The second kappa shape index (κ2) is 8.70. The summed E-state index contributed by atoms with van der Waals surface area (Å²) in [5.74, 6) is 0.290. The molecular formula is C20H34N4OS. The molecule has 1 aromatic heterocycles. The topological polar surface area (TPSA) is 39.7 Å². The van der Waals surface area contributed by atoms with E-state index in [1.807, 2.05) is 4.90 Å². The third kappa shape index (κ3) is 5.68. The number of hydrogen-bond donors (Lipinski definition) is 0. The van der Waals surface area contributed by atoms with Crippen LogP contribution in [0.5, 0.6) is 0 Å². The minimum atomic E-state index is 0.0613. The highest BCUT2D eigenvalue weighted by molar-refractivity contribution is 7.13. The van der Waals surface area contributed by atoms with Crippen molar-refractivity contribution in [2.75, 3.05) is 44.2 Å². The van der Waals surface area contributed by atoms with Gasteiger partial charge in [-0.25, -0.2) is 4.98 Å². The second-order valence-electron chi connectivity index (χ2n) is 8.92. The van der Waals surface area contributed by atoms with Gasteiger partial charge >= 0.3 is 0 Å². The number of anilines is 1. The van der Waals surface area contributed by atoms with Gasteiger partial charge in [0, 0.05) is 44.5 Å². The molecule has 0 spiro atoms. The van der Waals surface area contributed by atoms with Crippen LogP contribution in [0.1, 0.15) is 58.6 Å². The molecule has 1 amide bonds. The monoisotopic (exact) mass is 378 g/mol. The maximum Gasteiger partial charge on any atom is 0.223 e. The lowest BCUT2D eigenvalue weighted by Crippen LogP contribution is -2.49. The van der Waals surface area contributed by atoms with Crippen molar-refractivity contribution in [3.05, 3.63) is 11.1 Å². The molecule has 0 aliphatic carbocycles. The van der Waals surface area contributed by atoms with Gasteiger partial charge in [0.1, 0.15) is 0 Å². The number of carbonyl (C=O) groups excluding carboxylic acids is 1. The van der Waals surface area contributed by atoms with Gasteiger partial charge in [-0.1, -0.05) is 33.6 Å². The van der Waals surface area contributed by atoms with Gasteiger partial charge in [-0.05, 0) is 31.3 Å². The summed E-state index contributed by atoms with van der Waals surface area (Å²) in [5.41, 5.74) is 1.27. The van der Waals surface area contributed by atoms with Crippen LogP contribution in [0.2, 0.25) is 0 Å². The number of carbonyl (C=O) groups is 1. The summed E-state index contributed by atoms with van der Waals surface area (Å²) in [5, 5.41) is 3.34. The second-order valence-corrected chi connectivity index (χ2v) is 9.75. The van der Waals surface area contributed by atoms with Gasteiger partial charge in [-0.3, -0.25) is 9.69 Å². The Balaban J connectivity index is 1.49. The minimum absolute atomic E-state index is 0.0613. The number of piperazine rings is 1. The molecule has 0 unspecified atom stereocenters. The maximum atomic E-state index is 12.4. The summed E-state index contributed by atoms with van der Waals surface area (Å²) in [6.07, 6.45) is 6.02. The van der Waals surface area contributed by atoms with E-state index >= 15 is 0 Å². The van der Waals surface area contributed by atoms with Gasteiger partial charge in [-0.2, -0.15) is 0 Å². The molecular weight excluding hydrogens is 344 g/mol. The summed E-state index contributed by atoms with van der Waals surface area (Å²) in [6.45, 7) is 13.2. The largest absolute Gasteiger partial charge is 0.345 e. The summed E-state index contributed by atoms with van der Waals surface area (Å²) in [7, 11) is 0. The van der Waals surface area contributed by atoms with E-state index in [4.69, 9.17) is 4.98 Å². The Labute approximate surface area is 162 Å². The summed E-state index contributed by atoms with van der Waals surface area (Å²) in [6, 6.07) is 0. The van der Waals surface area contributed by atoms with Crippen molar-refractivity contribution in [3.8, 4) is 0 Å². The molecule has 1 aromatic rings. The molecule has 0 atom stereocenters. The molecule has 5 nitrogen and oxygen atoms in total. The third-order valence-electron chi connectivity index (χ3n) is 5.21. The Hall–Kier alpha value is -1.14. The molecule has 0 aromatic carbocycles. The van der Waals surface area contributed by atoms with Crippen LogP contribution in [0, 0.1) is 5.41 Å². The smallest absolute Gasteiger partial charge is 0.223 e. The van der Waals surface area contributed by atoms with Gasteiger partial charge in [0.15, 0.2) is 5.13 Å². The van der Waals surface area contributed by atoms with Gasteiger partial charge in [0.05, 0.1) is 5.69 Å². The SMILES string of the molecule is CC(C)(C)CC(=O)N1CCN(c2nc(CN3CCCCCC3)cs2)CC1. The van der Waals surface area contributed by atoms with E-state index in [-0.39, 0.29) is 11.3 Å². The van der Waals surface area contributed by atoms with Gasteiger partial charge in [0.25, 0.3) is 0 Å².